The number of hydrogen-bond donors (Lipinski definition) is 3. The highest BCUT2D eigenvalue weighted by molar-refractivity contribution is 5.93. The second kappa shape index (κ2) is 4.14. The summed E-state index contributed by atoms with van der Waals surface area (Å²) in [6, 6.07) is 1.54. The van der Waals surface area contributed by atoms with Crippen molar-refractivity contribution in [2.45, 2.75) is 0 Å². The van der Waals surface area contributed by atoms with E-state index in [1.54, 1.807) is 6.07 Å². The molecule has 0 fully saturated rings. The fraction of sp³-hybridized carbons (Fsp3) is 0.200. The molecule has 0 rings (SSSR count). The lowest BCUT2D eigenvalue weighted by atomic mass is 10.3. The molecule has 11 heavy (non-hydrogen) atoms. The van der Waals surface area contributed by atoms with E-state index in [0.717, 1.165) is 7.11 Å². The average Bonchev–Trinajstić information content (AvgIpc) is 2.05. The standard InChI is InChI=1S/C5H8N4O2/c1-11-5(10)3(2-6)4(7)9-8/h9H,7-8H2,1H3. The SMILES string of the molecule is COC(=O)C(C#N)=C(N)NN. The van der Waals surface area contributed by atoms with Crippen molar-refractivity contribution >= 4 is 5.97 Å². The van der Waals surface area contributed by atoms with Crippen LogP contribution in [-0.4, -0.2) is 13.1 Å². The van der Waals surface area contributed by atoms with Crippen LogP contribution >= 0.6 is 0 Å². The Kier molecular flexibility index (Phi) is 3.48. The maximum Gasteiger partial charge on any atom is 0.352 e. The molecule has 0 aromatic rings. The zero-order valence-electron chi connectivity index (χ0n) is 5.92. The summed E-state index contributed by atoms with van der Waals surface area (Å²) in [5, 5.41) is 8.34. The van der Waals surface area contributed by atoms with Crippen molar-refractivity contribution in [3.63, 3.8) is 0 Å². The Balaban J connectivity index is 4.69. The molecular weight excluding hydrogens is 148 g/mol. The van der Waals surface area contributed by atoms with Crippen molar-refractivity contribution in [1.82, 2.24) is 5.43 Å². The number of hydrogen-bond acceptors (Lipinski definition) is 6. The molecule has 0 spiro atoms. The summed E-state index contributed by atoms with van der Waals surface area (Å²) in [6.07, 6.45) is 0. The highest BCUT2D eigenvalue weighted by Crippen LogP contribution is 1.95. The van der Waals surface area contributed by atoms with E-state index in [1.165, 1.54) is 0 Å². The first kappa shape index (κ1) is 9.26. The number of carbonyl (C=O) groups excluding carboxylic acids is 1. The molecule has 0 aromatic carbocycles. The molecular formula is C5H8N4O2. The zero-order valence-corrected chi connectivity index (χ0v) is 5.92. The smallest absolute Gasteiger partial charge is 0.352 e. The fourth-order valence-corrected chi connectivity index (χ4v) is 0.390. The molecule has 0 radical (unpaired) electrons. The minimum Gasteiger partial charge on any atom is -0.465 e. The van der Waals surface area contributed by atoms with Crippen molar-refractivity contribution in [3.05, 3.63) is 11.4 Å². The zero-order chi connectivity index (χ0) is 8.85. The summed E-state index contributed by atoms with van der Waals surface area (Å²) in [7, 11) is 1.14. The van der Waals surface area contributed by atoms with E-state index in [0.29, 0.717) is 0 Å². The fourth-order valence-electron chi connectivity index (χ4n) is 0.390. The van der Waals surface area contributed by atoms with Gasteiger partial charge in [-0.05, 0) is 0 Å². The predicted molar refractivity (Wildman–Crippen MR) is 36.2 cm³/mol. The van der Waals surface area contributed by atoms with Crippen molar-refractivity contribution in [1.29, 1.82) is 5.26 Å². The van der Waals surface area contributed by atoms with Gasteiger partial charge in [-0.25, -0.2) is 10.6 Å². The van der Waals surface area contributed by atoms with E-state index in [-0.39, 0.29) is 11.4 Å². The normalized spacial score (nSPS) is 11.0. The summed E-state index contributed by atoms with van der Waals surface area (Å²) in [5.41, 5.74) is 6.75. The van der Waals surface area contributed by atoms with Gasteiger partial charge in [0.15, 0.2) is 5.57 Å². The molecule has 6 heteroatoms. The van der Waals surface area contributed by atoms with E-state index in [2.05, 4.69) is 4.74 Å². The van der Waals surface area contributed by atoms with Gasteiger partial charge in [0.25, 0.3) is 0 Å². The van der Waals surface area contributed by atoms with E-state index < -0.39 is 5.97 Å². The minimum atomic E-state index is -0.817. The molecule has 0 saturated heterocycles. The van der Waals surface area contributed by atoms with Crippen LogP contribution in [0.25, 0.3) is 0 Å². The molecule has 0 amide bonds. The lowest BCUT2D eigenvalue weighted by molar-refractivity contribution is -0.135. The molecule has 6 nitrogen and oxygen atoms in total. The Morgan fingerprint density at radius 1 is 1.73 bits per heavy atom. The van der Waals surface area contributed by atoms with Gasteiger partial charge < -0.3 is 15.9 Å². The number of rotatable bonds is 2. The van der Waals surface area contributed by atoms with Crippen LogP contribution in [0.3, 0.4) is 0 Å². The lowest BCUT2D eigenvalue weighted by Crippen LogP contribution is -2.30. The maximum atomic E-state index is 10.7. The number of nitrogens with two attached hydrogens (primary N) is 2. The second-order valence-corrected chi connectivity index (χ2v) is 1.54. The average molecular weight is 156 g/mol. The van der Waals surface area contributed by atoms with Crippen molar-refractivity contribution < 1.29 is 9.53 Å². The van der Waals surface area contributed by atoms with Crippen LogP contribution in [0, 0.1) is 11.3 Å². The number of methoxy groups -OCH3 is 1. The molecule has 0 unspecified atom stereocenters. The molecule has 0 aliphatic carbocycles. The van der Waals surface area contributed by atoms with Gasteiger partial charge in [0, 0.05) is 0 Å². The van der Waals surface area contributed by atoms with E-state index in [1.807, 2.05) is 5.43 Å². The van der Waals surface area contributed by atoms with Crippen LogP contribution in [-0.2, 0) is 9.53 Å². The van der Waals surface area contributed by atoms with Gasteiger partial charge in [-0.15, -0.1) is 0 Å². The summed E-state index contributed by atoms with van der Waals surface area (Å²) in [6.45, 7) is 0. The Bertz CT molecular complexity index is 227. The largest absolute Gasteiger partial charge is 0.465 e. The summed E-state index contributed by atoms with van der Waals surface area (Å²) >= 11 is 0. The number of nitrogens with zero attached hydrogens (tertiary/aromatic N) is 1. The molecule has 60 valence electrons. The Labute approximate surface area is 63.4 Å². The summed E-state index contributed by atoms with van der Waals surface area (Å²) in [5.74, 6) is 3.82. The Morgan fingerprint density at radius 3 is 2.55 bits per heavy atom. The third kappa shape index (κ3) is 2.15. The highest BCUT2D eigenvalue weighted by Gasteiger charge is 2.12. The third-order valence-corrected chi connectivity index (χ3v) is 0.926. The quantitative estimate of drug-likeness (QED) is 0.144. The molecule has 0 heterocycles. The van der Waals surface area contributed by atoms with E-state index >= 15 is 0 Å². The first-order valence-corrected chi connectivity index (χ1v) is 2.62. The first-order valence-electron chi connectivity index (χ1n) is 2.62. The van der Waals surface area contributed by atoms with Crippen LogP contribution < -0.4 is 17.0 Å². The molecule has 0 aliphatic heterocycles. The molecule has 0 bridgehead atoms. The number of carbonyl (C=O) groups is 1. The molecule has 0 atom stereocenters. The van der Waals surface area contributed by atoms with Crippen LogP contribution in [0.5, 0.6) is 0 Å². The van der Waals surface area contributed by atoms with Crippen LogP contribution in [0.4, 0.5) is 0 Å². The number of nitriles is 1. The molecule has 0 saturated carbocycles. The maximum absolute atomic E-state index is 10.7. The van der Waals surface area contributed by atoms with Crippen LogP contribution in [0.2, 0.25) is 0 Å². The van der Waals surface area contributed by atoms with Gasteiger partial charge in [0.05, 0.1) is 7.11 Å². The topological polar surface area (TPSA) is 114 Å². The van der Waals surface area contributed by atoms with Gasteiger partial charge >= 0.3 is 5.97 Å². The molecule has 0 aromatic heterocycles. The van der Waals surface area contributed by atoms with Gasteiger partial charge in [0.1, 0.15) is 11.9 Å². The minimum absolute atomic E-state index is 0.209. The van der Waals surface area contributed by atoms with Crippen LogP contribution in [0.1, 0.15) is 0 Å². The van der Waals surface area contributed by atoms with Gasteiger partial charge in [-0.1, -0.05) is 0 Å². The van der Waals surface area contributed by atoms with Crippen molar-refractivity contribution in [2.24, 2.45) is 11.6 Å². The first-order chi connectivity index (χ1) is 5.17. The summed E-state index contributed by atoms with van der Waals surface area (Å²) < 4.78 is 4.23. The van der Waals surface area contributed by atoms with Crippen molar-refractivity contribution in [2.75, 3.05) is 7.11 Å². The lowest BCUT2D eigenvalue weighted by Gasteiger charge is -2.00. The van der Waals surface area contributed by atoms with Gasteiger partial charge in [0.2, 0.25) is 0 Å². The van der Waals surface area contributed by atoms with Crippen LogP contribution in [0.15, 0.2) is 11.4 Å². The second-order valence-electron chi connectivity index (χ2n) is 1.54. The monoisotopic (exact) mass is 156 g/mol. The van der Waals surface area contributed by atoms with Crippen molar-refractivity contribution in [3.8, 4) is 6.07 Å². The number of esters is 1. The number of nitrogens with one attached hydrogen (secondary N) is 1. The summed E-state index contributed by atoms with van der Waals surface area (Å²) in [4.78, 5) is 10.7. The van der Waals surface area contributed by atoms with E-state index in [4.69, 9.17) is 16.8 Å². The van der Waals surface area contributed by atoms with E-state index in [9.17, 15) is 4.79 Å². The number of ether oxygens (including phenoxy) is 1. The Morgan fingerprint density at radius 2 is 2.27 bits per heavy atom. The Hall–Kier alpha value is -1.74. The molecule has 0 aliphatic rings. The predicted octanol–water partition coefficient (Wildman–Crippen LogP) is -1.68. The molecule has 5 N–H and O–H groups in total. The third-order valence-electron chi connectivity index (χ3n) is 0.926. The van der Waals surface area contributed by atoms with Gasteiger partial charge in [-0.2, -0.15) is 5.26 Å². The number of hydrazine groups is 1. The highest BCUT2D eigenvalue weighted by atomic mass is 16.5. The van der Waals surface area contributed by atoms with Gasteiger partial charge in [-0.3, -0.25) is 0 Å².